The van der Waals surface area contributed by atoms with Crippen LogP contribution < -0.4 is 26.6 Å². The quantitative estimate of drug-likeness (QED) is 0.246. The van der Waals surface area contributed by atoms with Crippen molar-refractivity contribution >= 4 is 51.3 Å². The van der Waals surface area contributed by atoms with Crippen molar-refractivity contribution in [3.8, 4) is 0 Å². The number of benzene rings is 3. The summed E-state index contributed by atoms with van der Waals surface area (Å²) >= 11 is 3.55. The van der Waals surface area contributed by atoms with E-state index in [1.165, 1.54) is 4.90 Å². The van der Waals surface area contributed by atoms with Crippen LogP contribution >= 0.6 is 15.9 Å². The number of halogens is 1. The van der Waals surface area contributed by atoms with Crippen LogP contribution in [0, 0.1) is 0 Å². The van der Waals surface area contributed by atoms with Gasteiger partial charge in [0, 0.05) is 17.3 Å². The number of ether oxygens (including phenoxy) is 1. The molecule has 5 N–H and O–H groups in total. The van der Waals surface area contributed by atoms with Gasteiger partial charge in [0.15, 0.2) is 0 Å². The van der Waals surface area contributed by atoms with Crippen molar-refractivity contribution in [3.05, 3.63) is 99.5 Å². The zero-order valence-electron chi connectivity index (χ0n) is 27.1. The Hall–Kier alpha value is -4.71. The number of anilines is 1. The Kier molecular flexibility index (Phi) is 10.5. The second-order valence-corrected chi connectivity index (χ2v) is 14.0. The summed E-state index contributed by atoms with van der Waals surface area (Å²) in [5.74, 6) is -2.15. The van der Waals surface area contributed by atoms with E-state index in [1.807, 2.05) is 72.8 Å². The normalized spacial score (nSPS) is 17.6. The molecule has 5 amide bonds. The van der Waals surface area contributed by atoms with Crippen LogP contribution in [0.15, 0.2) is 77.3 Å². The lowest BCUT2D eigenvalue weighted by atomic mass is 9.98. The zero-order valence-corrected chi connectivity index (χ0v) is 28.7. The van der Waals surface area contributed by atoms with Gasteiger partial charge in [-0.25, -0.2) is 4.79 Å². The Labute approximate surface area is 288 Å². The first-order valence-electron chi connectivity index (χ1n) is 15.9. The van der Waals surface area contributed by atoms with E-state index in [1.54, 1.807) is 20.8 Å². The van der Waals surface area contributed by atoms with Crippen LogP contribution in [0.4, 0.5) is 10.5 Å². The molecule has 48 heavy (non-hydrogen) atoms. The Morgan fingerprint density at radius 2 is 1.56 bits per heavy atom. The molecule has 0 aromatic heterocycles. The summed E-state index contributed by atoms with van der Waals surface area (Å²) in [6, 6.07) is 19.0. The van der Waals surface area contributed by atoms with Crippen LogP contribution in [0.1, 0.15) is 68.3 Å². The van der Waals surface area contributed by atoms with E-state index >= 15 is 0 Å². The first-order chi connectivity index (χ1) is 22.8. The molecule has 0 spiro atoms. The second kappa shape index (κ2) is 14.6. The first kappa shape index (κ1) is 34.6. The fourth-order valence-electron chi connectivity index (χ4n) is 6.19. The largest absolute Gasteiger partial charge is 0.444 e. The van der Waals surface area contributed by atoms with Gasteiger partial charge in [-0.15, -0.1) is 0 Å². The molecular formula is C36H40BrN5O6. The summed E-state index contributed by atoms with van der Waals surface area (Å²) in [6.45, 7) is 5.19. The topological polar surface area (TPSA) is 160 Å². The summed E-state index contributed by atoms with van der Waals surface area (Å²) in [5.41, 5.74) is 8.63. The van der Waals surface area contributed by atoms with E-state index in [0.717, 1.165) is 26.7 Å². The summed E-state index contributed by atoms with van der Waals surface area (Å²) in [7, 11) is 0. The highest BCUT2D eigenvalue weighted by Gasteiger charge is 2.45. The molecule has 3 aromatic carbocycles. The molecule has 0 radical (unpaired) electrons. The van der Waals surface area contributed by atoms with Crippen molar-refractivity contribution in [2.75, 3.05) is 4.90 Å². The highest BCUT2D eigenvalue weighted by molar-refractivity contribution is 9.10. The fourth-order valence-corrected chi connectivity index (χ4v) is 6.75. The van der Waals surface area contributed by atoms with Gasteiger partial charge in [-0.3, -0.25) is 24.1 Å². The molecule has 0 saturated carbocycles. The molecule has 5 rings (SSSR count). The molecule has 3 atom stereocenters. The summed E-state index contributed by atoms with van der Waals surface area (Å²) in [5, 5.41) is 8.58. The second-order valence-electron chi connectivity index (χ2n) is 13.1. The zero-order chi connectivity index (χ0) is 34.6. The van der Waals surface area contributed by atoms with Crippen LogP contribution in [-0.4, -0.2) is 53.4 Å². The number of carbonyl (C=O) groups excluding carboxylic acids is 5. The van der Waals surface area contributed by atoms with E-state index in [4.69, 9.17) is 10.5 Å². The summed E-state index contributed by atoms with van der Waals surface area (Å²) < 4.78 is 6.21. The molecule has 3 aromatic rings. The van der Waals surface area contributed by atoms with Gasteiger partial charge in [-0.1, -0.05) is 76.6 Å². The molecule has 0 aliphatic carbocycles. The first-order valence-corrected chi connectivity index (χ1v) is 16.7. The number of nitrogens with two attached hydrogens (primary N) is 1. The van der Waals surface area contributed by atoms with E-state index < -0.39 is 59.5 Å². The predicted octanol–water partition coefficient (Wildman–Crippen LogP) is 4.20. The Bertz CT molecular complexity index is 1650. The van der Waals surface area contributed by atoms with Crippen molar-refractivity contribution in [1.29, 1.82) is 0 Å². The number of hydrogen-bond donors (Lipinski definition) is 4. The Morgan fingerprint density at radius 1 is 0.958 bits per heavy atom. The number of rotatable bonds is 10. The average molecular weight is 719 g/mol. The van der Waals surface area contributed by atoms with Gasteiger partial charge in [-0.2, -0.15) is 0 Å². The monoisotopic (exact) mass is 717 g/mol. The maximum atomic E-state index is 14.1. The average Bonchev–Trinajstić information content (AvgIpc) is 3.36. The van der Waals surface area contributed by atoms with Crippen LogP contribution in [0.25, 0.3) is 0 Å². The van der Waals surface area contributed by atoms with Gasteiger partial charge in [-0.05, 0) is 74.4 Å². The number of amides is 5. The lowest BCUT2D eigenvalue weighted by Crippen LogP contribution is -2.57. The molecule has 0 saturated heterocycles. The number of nitrogens with zero attached hydrogens (tertiary/aromatic N) is 1. The van der Waals surface area contributed by atoms with Crippen molar-refractivity contribution < 1.29 is 28.7 Å². The van der Waals surface area contributed by atoms with Gasteiger partial charge in [0.1, 0.15) is 23.7 Å². The number of carbonyl (C=O) groups is 5. The number of nitrogens with one attached hydrogen (secondary N) is 3. The third kappa shape index (κ3) is 8.22. The molecule has 2 aliphatic rings. The molecule has 12 heteroatoms. The molecular weight excluding hydrogens is 678 g/mol. The van der Waals surface area contributed by atoms with E-state index in [9.17, 15) is 24.0 Å². The minimum Gasteiger partial charge on any atom is -0.444 e. The number of primary amides is 1. The fraction of sp³-hybridized carbons (Fsp3) is 0.361. The van der Waals surface area contributed by atoms with Gasteiger partial charge < -0.3 is 26.4 Å². The summed E-state index contributed by atoms with van der Waals surface area (Å²) in [6.07, 6.45) is 0.0450. The number of aryl methyl sites for hydroxylation is 1. The van der Waals surface area contributed by atoms with Crippen LogP contribution in [0.3, 0.4) is 0 Å². The molecule has 0 fully saturated rings. The van der Waals surface area contributed by atoms with E-state index in [0.29, 0.717) is 18.5 Å². The molecule has 2 aliphatic heterocycles. The van der Waals surface area contributed by atoms with Gasteiger partial charge >= 0.3 is 6.09 Å². The third-order valence-corrected chi connectivity index (χ3v) is 8.75. The molecule has 2 heterocycles. The van der Waals surface area contributed by atoms with Gasteiger partial charge in [0.25, 0.3) is 0 Å². The lowest BCUT2D eigenvalue weighted by Gasteiger charge is -2.30. The minimum atomic E-state index is -1.13. The van der Waals surface area contributed by atoms with Crippen LogP contribution in [-0.2, 0) is 36.8 Å². The van der Waals surface area contributed by atoms with Crippen molar-refractivity contribution in [2.24, 2.45) is 5.73 Å². The van der Waals surface area contributed by atoms with Crippen molar-refractivity contribution in [3.63, 3.8) is 0 Å². The lowest BCUT2D eigenvalue weighted by molar-refractivity contribution is -0.131. The van der Waals surface area contributed by atoms with Crippen molar-refractivity contribution in [1.82, 2.24) is 16.0 Å². The number of alkyl carbamates (subject to hydrolysis) is 1. The predicted molar refractivity (Wildman–Crippen MR) is 184 cm³/mol. The van der Waals surface area contributed by atoms with E-state index in [2.05, 4.69) is 31.9 Å². The van der Waals surface area contributed by atoms with Crippen LogP contribution in [0.5, 0.6) is 0 Å². The van der Waals surface area contributed by atoms with Gasteiger partial charge in [0.05, 0.1) is 11.7 Å². The van der Waals surface area contributed by atoms with Crippen molar-refractivity contribution in [2.45, 2.75) is 82.6 Å². The smallest absolute Gasteiger partial charge is 0.408 e. The molecule has 1 unspecified atom stereocenters. The third-order valence-electron chi connectivity index (χ3n) is 8.29. The molecule has 0 bridgehead atoms. The number of hydrogen-bond acceptors (Lipinski definition) is 6. The Balaban J connectivity index is 1.41. The highest BCUT2D eigenvalue weighted by Crippen LogP contribution is 2.41. The Morgan fingerprint density at radius 3 is 2.15 bits per heavy atom. The summed E-state index contributed by atoms with van der Waals surface area (Å²) in [4.78, 5) is 68.1. The maximum Gasteiger partial charge on any atom is 0.408 e. The van der Waals surface area contributed by atoms with Gasteiger partial charge in [0.2, 0.25) is 23.6 Å². The van der Waals surface area contributed by atoms with E-state index in [-0.39, 0.29) is 19.3 Å². The minimum absolute atomic E-state index is 0.0452. The van der Waals surface area contributed by atoms with Crippen LogP contribution in [0.2, 0.25) is 0 Å². The molecule has 11 nitrogen and oxygen atoms in total. The maximum absolute atomic E-state index is 14.1. The molecule has 252 valence electrons. The standard InChI is InChI=1S/C36H40BrN5O6/c1-36(2,3)48-35(47)40-27-15-14-23-18-25(37)19-24-20-28(42(31(23)24)34(27)46)33(45)39-26(16-17-29(38)43)32(44)41-30(21-10-6-4-7-11-21)22-12-8-5-9-13-22/h4-13,18-19,26-28,30H,14-17,20H2,1-3H3,(H2,38,43)(H,39,45)(H,40,47)(H,41,44)/t26-,27?,28-/m0/s1. The SMILES string of the molecule is CC(C)(C)OC(=O)NC1CCc2cc(Br)cc3c2N(C1=O)[C@H](C(=O)N[C@@H](CCC(N)=O)C(=O)NC(c1ccccc1)c1ccccc1)C3. The highest BCUT2D eigenvalue weighted by atomic mass is 79.9.